The number of carbonyl (C=O) groups is 1. The molecule has 0 radical (unpaired) electrons. The molecule has 0 aliphatic carbocycles. The Labute approximate surface area is 116 Å². The van der Waals surface area contributed by atoms with Crippen molar-refractivity contribution in [2.75, 3.05) is 0 Å². The molecular formula is C16H25NO2. The zero-order valence-corrected chi connectivity index (χ0v) is 12.5. The van der Waals surface area contributed by atoms with Crippen molar-refractivity contribution in [3.63, 3.8) is 0 Å². The Morgan fingerprint density at radius 2 is 1.79 bits per heavy atom. The van der Waals surface area contributed by atoms with Gasteiger partial charge in [-0.2, -0.15) is 0 Å². The van der Waals surface area contributed by atoms with E-state index in [1.807, 2.05) is 13.8 Å². The molecule has 0 fully saturated rings. The molecule has 0 bridgehead atoms. The van der Waals surface area contributed by atoms with Crippen LogP contribution in [0.1, 0.15) is 58.2 Å². The van der Waals surface area contributed by atoms with Crippen LogP contribution in [0.25, 0.3) is 0 Å². The largest absolute Gasteiger partial charge is 0.480 e. The molecule has 1 rings (SSSR count). The zero-order chi connectivity index (χ0) is 14.6. The summed E-state index contributed by atoms with van der Waals surface area (Å²) < 4.78 is 0. The molecule has 0 spiro atoms. The van der Waals surface area contributed by atoms with Crippen LogP contribution in [0.15, 0.2) is 24.3 Å². The van der Waals surface area contributed by atoms with Gasteiger partial charge in [-0.25, -0.2) is 0 Å². The molecule has 3 heteroatoms. The van der Waals surface area contributed by atoms with Crippen molar-refractivity contribution in [3.05, 3.63) is 35.4 Å². The van der Waals surface area contributed by atoms with Crippen LogP contribution in [0, 0.1) is 0 Å². The summed E-state index contributed by atoms with van der Waals surface area (Å²) in [6.07, 6.45) is 0.583. The van der Waals surface area contributed by atoms with Gasteiger partial charge < -0.3 is 5.11 Å². The topological polar surface area (TPSA) is 49.3 Å². The first-order chi connectivity index (χ1) is 8.75. The van der Waals surface area contributed by atoms with Crippen LogP contribution in [-0.2, 0) is 10.2 Å². The maximum Gasteiger partial charge on any atom is 0.320 e. The molecule has 0 aliphatic heterocycles. The van der Waals surface area contributed by atoms with E-state index < -0.39 is 12.0 Å². The zero-order valence-electron chi connectivity index (χ0n) is 12.5. The van der Waals surface area contributed by atoms with E-state index in [1.165, 1.54) is 5.56 Å². The predicted octanol–water partition coefficient (Wildman–Crippen LogP) is 3.50. The first-order valence-corrected chi connectivity index (χ1v) is 6.85. The van der Waals surface area contributed by atoms with E-state index in [9.17, 15) is 4.79 Å². The van der Waals surface area contributed by atoms with Crippen LogP contribution in [-0.4, -0.2) is 17.1 Å². The molecule has 2 N–H and O–H groups in total. The van der Waals surface area contributed by atoms with Crippen LogP contribution in [0.2, 0.25) is 0 Å². The molecule has 0 amide bonds. The molecule has 106 valence electrons. The van der Waals surface area contributed by atoms with E-state index in [-0.39, 0.29) is 11.5 Å². The number of aliphatic carboxylic acids is 1. The highest BCUT2D eigenvalue weighted by molar-refractivity contribution is 5.73. The van der Waals surface area contributed by atoms with Gasteiger partial charge in [0.05, 0.1) is 0 Å². The minimum absolute atomic E-state index is 0.0371. The monoisotopic (exact) mass is 263 g/mol. The number of carboxylic acid groups (broad SMARTS) is 1. The van der Waals surface area contributed by atoms with Gasteiger partial charge in [-0.1, -0.05) is 52.0 Å². The van der Waals surface area contributed by atoms with E-state index in [0.29, 0.717) is 6.42 Å². The van der Waals surface area contributed by atoms with Crippen LogP contribution >= 0.6 is 0 Å². The first kappa shape index (κ1) is 15.7. The SMILES string of the molecule is CCC(NC(C)c1ccc(C(C)(C)C)cc1)C(=O)O. The molecule has 0 saturated carbocycles. The minimum atomic E-state index is -0.791. The summed E-state index contributed by atoms with van der Waals surface area (Å²) in [4.78, 5) is 11.0. The fraction of sp³-hybridized carbons (Fsp3) is 0.562. The Morgan fingerprint density at radius 1 is 1.26 bits per heavy atom. The maximum atomic E-state index is 11.0. The van der Waals surface area contributed by atoms with Gasteiger partial charge in [0, 0.05) is 6.04 Å². The summed E-state index contributed by atoms with van der Waals surface area (Å²) >= 11 is 0. The van der Waals surface area contributed by atoms with Gasteiger partial charge in [-0.3, -0.25) is 10.1 Å². The van der Waals surface area contributed by atoms with E-state index in [2.05, 4.69) is 50.4 Å². The van der Waals surface area contributed by atoms with Gasteiger partial charge in [0.1, 0.15) is 6.04 Å². The van der Waals surface area contributed by atoms with Crippen LogP contribution < -0.4 is 5.32 Å². The smallest absolute Gasteiger partial charge is 0.320 e. The maximum absolute atomic E-state index is 11.0. The predicted molar refractivity (Wildman–Crippen MR) is 78.4 cm³/mol. The van der Waals surface area contributed by atoms with Crippen molar-refractivity contribution >= 4 is 5.97 Å². The highest BCUT2D eigenvalue weighted by Crippen LogP contribution is 2.24. The van der Waals surface area contributed by atoms with E-state index in [4.69, 9.17) is 5.11 Å². The number of hydrogen-bond donors (Lipinski definition) is 2. The molecule has 0 saturated heterocycles. The minimum Gasteiger partial charge on any atom is -0.480 e. The average Bonchev–Trinajstić information content (AvgIpc) is 2.34. The van der Waals surface area contributed by atoms with Gasteiger partial charge in [0.25, 0.3) is 0 Å². The average molecular weight is 263 g/mol. The standard InChI is InChI=1S/C16H25NO2/c1-6-14(15(18)19)17-11(2)12-7-9-13(10-8-12)16(3,4)5/h7-11,14,17H,6H2,1-5H3,(H,18,19). The van der Waals surface area contributed by atoms with E-state index in [1.54, 1.807) is 0 Å². The number of hydrogen-bond acceptors (Lipinski definition) is 2. The molecule has 0 heterocycles. The third-order valence-corrected chi connectivity index (χ3v) is 3.43. The van der Waals surface area contributed by atoms with E-state index >= 15 is 0 Å². The number of nitrogens with one attached hydrogen (secondary N) is 1. The van der Waals surface area contributed by atoms with Gasteiger partial charge in [-0.15, -0.1) is 0 Å². The van der Waals surface area contributed by atoms with Gasteiger partial charge in [-0.05, 0) is 29.9 Å². The molecular weight excluding hydrogens is 238 g/mol. The molecule has 3 nitrogen and oxygen atoms in total. The molecule has 2 atom stereocenters. The van der Waals surface area contributed by atoms with Gasteiger partial charge in [0.15, 0.2) is 0 Å². The van der Waals surface area contributed by atoms with Crippen LogP contribution in [0.3, 0.4) is 0 Å². The van der Waals surface area contributed by atoms with Crippen LogP contribution in [0.4, 0.5) is 0 Å². The molecule has 1 aromatic rings. The van der Waals surface area contributed by atoms with Crippen molar-refractivity contribution in [3.8, 4) is 0 Å². The molecule has 2 unspecified atom stereocenters. The summed E-state index contributed by atoms with van der Waals surface area (Å²) in [5, 5.41) is 12.2. The lowest BCUT2D eigenvalue weighted by Gasteiger charge is -2.22. The van der Waals surface area contributed by atoms with Gasteiger partial charge >= 0.3 is 5.97 Å². The summed E-state index contributed by atoms with van der Waals surface area (Å²) in [6, 6.07) is 7.94. The molecule has 0 aromatic heterocycles. The lowest BCUT2D eigenvalue weighted by Crippen LogP contribution is -2.37. The molecule has 0 aliphatic rings. The number of benzene rings is 1. The molecule has 19 heavy (non-hydrogen) atoms. The Kier molecular flexibility index (Phi) is 5.12. The Bertz CT molecular complexity index is 417. The Morgan fingerprint density at radius 3 is 2.16 bits per heavy atom. The second-order valence-corrected chi connectivity index (χ2v) is 6.06. The number of rotatable bonds is 5. The van der Waals surface area contributed by atoms with Crippen molar-refractivity contribution in [2.24, 2.45) is 0 Å². The Hall–Kier alpha value is -1.35. The Balaban J connectivity index is 2.78. The fourth-order valence-electron chi connectivity index (χ4n) is 2.03. The highest BCUT2D eigenvalue weighted by Gasteiger charge is 2.19. The fourth-order valence-corrected chi connectivity index (χ4v) is 2.03. The summed E-state index contributed by atoms with van der Waals surface area (Å²) in [7, 11) is 0. The lowest BCUT2D eigenvalue weighted by molar-refractivity contribution is -0.139. The van der Waals surface area contributed by atoms with Crippen LogP contribution in [0.5, 0.6) is 0 Å². The highest BCUT2D eigenvalue weighted by atomic mass is 16.4. The lowest BCUT2D eigenvalue weighted by atomic mass is 9.86. The summed E-state index contributed by atoms with van der Waals surface area (Å²) in [5.74, 6) is -0.791. The van der Waals surface area contributed by atoms with Crippen molar-refractivity contribution in [2.45, 2.75) is 58.5 Å². The van der Waals surface area contributed by atoms with Crippen molar-refractivity contribution in [1.82, 2.24) is 5.32 Å². The second kappa shape index (κ2) is 6.20. The van der Waals surface area contributed by atoms with Crippen molar-refractivity contribution < 1.29 is 9.90 Å². The summed E-state index contributed by atoms with van der Waals surface area (Å²) in [5.41, 5.74) is 2.55. The quantitative estimate of drug-likeness (QED) is 0.855. The summed E-state index contributed by atoms with van der Waals surface area (Å²) in [6.45, 7) is 10.4. The second-order valence-electron chi connectivity index (χ2n) is 6.06. The third kappa shape index (κ3) is 4.35. The molecule has 1 aromatic carbocycles. The van der Waals surface area contributed by atoms with Crippen molar-refractivity contribution in [1.29, 1.82) is 0 Å². The van der Waals surface area contributed by atoms with E-state index in [0.717, 1.165) is 5.56 Å². The van der Waals surface area contributed by atoms with Gasteiger partial charge in [0.2, 0.25) is 0 Å². The third-order valence-electron chi connectivity index (χ3n) is 3.43. The normalized spacial score (nSPS) is 15.0. The number of carboxylic acids is 1. The first-order valence-electron chi connectivity index (χ1n) is 6.85.